The van der Waals surface area contributed by atoms with E-state index in [2.05, 4.69) is 33.6 Å². The number of carbonyl (C=O) groups is 4. The van der Waals surface area contributed by atoms with Crippen molar-refractivity contribution in [1.82, 2.24) is 16.0 Å². The smallest absolute Gasteiger partial charge is 0.327 e. The topological polar surface area (TPSA) is 235 Å². The SMILES string of the molecule is NC(N)=NCCCC(NC(=O)C(N)Cc1ccccc1)C(=O)NC(CO)C(=O)NC(CS)C(=O)O. The Morgan fingerprint density at radius 2 is 1.51 bits per heavy atom. The number of guanidine groups is 1. The highest BCUT2D eigenvalue weighted by molar-refractivity contribution is 7.80. The summed E-state index contributed by atoms with van der Waals surface area (Å²) in [5.41, 5.74) is 17.4. The Balaban J connectivity index is 2.88. The predicted octanol–water partition coefficient (Wildman–Crippen LogP) is -2.93. The van der Waals surface area contributed by atoms with Gasteiger partial charge in [-0.25, -0.2) is 4.79 Å². The zero-order valence-corrected chi connectivity index (χ0v) is 20.0. The van der Waals surface area contributed by atoms with Crippen LogP contribution in [0, 0.1) is 0 Å². The molecule has 13 nitrogen and oxygen atoms in total. The third kappa shape index (κ3) is 11.1. The molecular weight excluding hydrogens is 478 g/mol. The summed E-state index contributed by atoms with van der Waals surface area (Å²) in [6.07, 6.45) is 0.637. The molecule has 0 aliphatic carbocycles. The van der Waals surface area contributed by atoms with Crippen molar-refractivity contribution in [2.45, 2.75) is 43.4 Å². The van der Waals surface area contributed by atoms with Gasteiger partial charge in [-0.15, -0.1) is 0 Å². The minimum absolute atomic E-state index is 0.0978. The van der Waals surface area contributed by atoms with Crippen LogP contribution in [0.4, 0.5) is 0 Å². The lowest BCUT2D eigenvalue weighted by Gasteiger charge is -2.24. The summed E-state index contributed by atoms with van der Waals surface area (Å²) in [6.45, 7) is -0.622. The summed E-state index contributed by atoms with van der Waals surface area (Å²) in [7, 11) is 0. The van der Waals surface area contributed by atoms with Crippen LogP contribution in [0.2, 0.25) is 0 Å². The lowest BCUT2D eigenvalue weighted by molar-refractivity contribution is -0.142. The number of amides is 3. The summed E-state index contributed by atoms with van der Waals surface area (Å²) in [5, 5.41) is 25.7. The van der Waals surface area contributed by atoms with Crippen molar-refractivity contribution < 1.29 is 29.4 Å². The fourth-order valence-corrected chi connectivity index (χ4v) is 3.18. The number of carbonyl (C=O) groups excluding carboxylic acids is 3. The number of aliphatic hydroxyl groups is 1. The summed E-state index contributed by atoms with van der Waals surface area (Å²) < 4.78 is 0. The molecule has 0 fully saturated rings. The number of aliphatic imine (C=N–C) groups is 1. The van der Waals surface area contributed by atoms with Crippen LogP contribution in [-0.4, -0.2) is 82.9 Å². The quantitative estimate of drug-likeness (QED) is 0.0506. The number of aliphatic hydroxyl groups excluding tert-OH is 1. The largest absolute Gasteiger partial charge is 0.480 e. The third-order valence-corrected chi connectivity index (χ3v) is 5.19. The Bertz CT molecular complexity index is 882. The van der Waals surface area contributed by atoms with Gasteiger partial charge in [0.15, 0.2) is 5.96 Å². The molecule has 0 heterocycles. The molecule has 1 aromatic carbocycles. The number of rotatable bonds is 15. The molecule has 0 aliphatic rings. The highest BCUT2D eigenvalue weighted by atomic mass is 32.1. The maximum absolute atomic E-state index is 12.9. The third-order valence-electron chi connectivity index (χ3n) is 4.83. The van der Waals surface area contributed by atoms with Crippen LogP contribution in [0.25, 0.3) is 0 Å². The average Bonchev–Trinajstić information content (AvgIpc) is 2.82. The van der Waals surface area contributed by atoms with Gasteiger partial charge in [-0.1, -0.05) is 30.3 Å². The van der Waals surface area contributed by atoms with Gasteiger partial charge in [-0.2, -0.15) is 12.6 Å². The van der Waals surface area contributed by atoms with Crippen molar-refractivity contribution in [3.8, 4) is 0 Å². The van der Waals surface area contributed by atoms with E-state index in [1.54, 1.807) is 0 Å². The van der Waals surface area contributed by atoms with E-state index >= 15 is 0 Å². The molecule has 0 spiro atoms. The van der Waals surface area contributed by atoms with Gasteiger partial charge < -0.3 is 43.4 Å². The number of hydrogen-bond acceptors (Lipinski definition) is 8. The number of carboxylic acid groups (broad SMARTS) is 1. The number of hydrogen-bond donors (Lipinski definition) is 9. The average molecular weight is 512 g/mol. The van der Waals surface area contributed by atoms with Gasteiger partial charge in [0.25, 0.3) is 0 Å². The Kier molecular flexibility index (Phi) is 13.2. The van der Waals surface area contributed by atoms with Gasteiger partial charge >= 0.3 is 5.97 Å². The molecule has 1 rings (SSSR count). The number of carboxylic acids is 1. The molecule has 14 heteroatoms. The fourth-order valence-electron chi connectivity index (χ4n) is 2.94. The first-order chi connectivity index (χ1) is 16.6. The molecule has 3 amide bonds. The van der Waals surface area contributed by atoms with Gasteiger partial charge in [0.1, 0.15) is 18.1 Å². The van der Waals surface area contributed by atoms with E-state index in [-0.39, 0.29) is 31.1 Å². The normalized spacial score (nSPS) is 14.0. The molecule has 0 aliphatic heterocycles. The fraction of sp³-hybridized carbons (Fsp3) is 0.476. The second-order valence-electron chi connectivity index (χ2n) is 7.63. The van der Waals surface area contributed by atoms with Crippen molar-refractivity contribution in [1.29, 1.82) is 0 Å². The number of thiol groups is 1. The highest BCUT2D eigenvalue weighted by Gasteiger charge is 2.29. The van der Waals surface area contributed by atoms with E-state index in [9.17, 15) is 24.3 Å². The summed E-state index contributed by atoms with van der Waals surface area (Å²) >= 11 is 3.85. The van der Waals surface area contributed by atoms with E-state index in [0.717, 1.165) is 5.56 Å². The molecule has 4 atom stereocenters. The maximum Gasteiger partial charge on any atom is 0.327 e. The van der Waals surface area contributed by atoms with Crippen LogP contribution in [-0.2, 0) is 25.6 Å². The van der Waals surface area contributed by atoms with Gasteiger partial charge in [0.05, 0.1) is 12.6 Å². The standard InChI is InChI=1S/C21H33N7O6S/c22-13(9-12-5-2-1-3-6-12)17(30)26-14(7-4-8-25-21(23)24)18(31)27-15(10-29)19(32)28-16(11-35)20(33)34/h1-3,5-6,13-16,29,35H,4,7-11,22H2,(H,26,30)(H,27,31)(H,28,32)(H,33,34)(H4,23,24,25). The number of nitrogens with zero attached hydrogens (tertiary/aromatic N) is 1. The molecule has 4 unspecified atom stereocenters. The minimum Gasteiger partial charge on any atom is -0.480 e. The Morgan fingerprint density at radius 1 is 0.943 bits per heavy atom. The van der Waals surface area contributed by atoms with Gasteiger partial charge in [-0.3, -0.25) is 19.4 Å². The number of nitrogens with one attached hydrogen (secondary N) is 3. The zero-order chi connectivity index (χ0) is 26.4. The second kappa shape index (κ2) is 15.5. The van der Waals surface area contributed by atoms with Crippen molar-refractivity contribution in [2.75, 3.05) is 18.9 Å². The molecular formula is C21H33N7O6S. The maximum atomic E-state index is 12.9. The molecule has 0 saturated heterocycles. The van der Waals surface area contributed by atoms with Crippen LogP contribution in [0.5, 0.6) is 0 Å². The van der Waals surface area contributed by atoms with Crippen molar-refractivity contribution in [2.24, 2.45) is 22.2 Å². The predicted molar refractivity (Wildman–Crippen MR) is 132 cm³/mol. The molecule has 0 saturated carbocycles. The van der Waals surface area contributed by atoms with Gasteiger partial charge in [0, 0.05) is 12.3 Å². The van der Waals surface area contributed by atoms with Crippen LogP contribution in [0.1, 0.15) is 18.4 Å². The molecule has 0 aromatic heterocycles. The Labute approximate surface area is 208 Å². The molecule has 1 aromatic rings. The molecule has 35 heavy (non-hydrogen) atoms. The summed E-state index contributed by atoms with van der Waals surface area (Å²) in [4.78, 5) is 52.8. The first kappa shape index (κ1) is 29.7. The molecule has 194 valence electrons. The highest BCUT2D eigenvalue weighted by Crippen LogP contribution is 2.05. The lowest BCUT2D eigenvalue weighted by Crippen LogP contribution is -2.58. The van der Waals surface area contributed by atoms with Crippen LogP contribution < -0.4 is 33.2 Å². The number of aliphatic carboxylic acids is 1. The monoisotopic (exact) mass is 511 g/mol. The van der Waals surface area contributed by atoms with E-state index in [1.807, 2.05) is 30.3 Å². The second-order valence-corrected chi connectivity index (χ2v) is 8.00. The number of nitrogens with two attached hydrogens (primary N) is 3. The van der Waals surface area contributed by atoms with Crippen LogP contribution in [0.15, 0.2) is 35.3 Å². The Hall–Kier alpha value is -3.36. The van der Waals surface area contributed by atoms with Crippen LogP contribution in [0.3, 0.4) is 0 Å². The molecule has 11 N–H and O–H groups in total. The van der Waals surface area contributed by atoms with Gasteiger partial charge in [0.2, 0.25) is 17.7 Å². The summed E-state index contributed by atoms with van der Waals surface area (Å²) in [6, 6.07) is 4.22. The van der Waals surface area contributed by atoms with E-state index in [4.69, 9.17) is 22.3 Å². The van der Waals surface area contributed by atoms with Crippen molar-refractivity contribution in [3.63, 3.8) is 0 Å². The number of benzene rings is 1. The van der Waals surface area contributed by atoms with E-state index in [0.29, 0.717) is 6.42 Å². The van der Waals surface area contributed by atoms with E-state index in [1.165, 1.54) is 0 Å². The lowest BCUT2D eigenvalue weighted by atomic mass is 10.0. The minimum atomic E-state index is -1.46. The zero-order valence-electron chi connectivity index (χ0n) is 19.1. The van der Waals surface area contributed by atoms with Crippen molar-refractivity contribution in [3.05, 3.63) is 35.9 Å². The van der Waals surface area contributed by atoms with Gasteiger partial charge in [-0.05, 0) is 24.8 Å². The first-order valence-electron chi connectivity index (χ1n) is 10.8. The molecule has 0 radical (unpaired) electrons. The van der Waals surface area contributed by atoms with Crippen molar-refractivity contribution >= 4 is 42.3 Å². The van der Waals surface area contributed by atoms with E-state index < -0.39 is 54.5 Å². The first-order valence-corrected chi connectivity index (χ1v) is 11.4. The summed E-state index contributed by atoms with van der Waals surface area (Å²) in [5.74, 6) is -3.95. The molecule has 0 bridgehead atoms. The van der Waals surface area contributed by atoms with Crippen LogP contribution >= 0.6 is 12.6 Å². The Morgan fingerprint density at radius 3 is 2.06 bits per heavy atom.